The molecule has 2 nitrogen and oxygen atoms in total. The van der Waals surface area contributed by atoms with Crippen LogP contribution in [0.5, 0.6) is 0 Å². The van der Waals surface area contributed by atoms with Crippen LogP contribution in [0.25, 0.3) is 0 Å². The molecule has 1 aliphatic carbocycles. The Bertz CT molecular complexity index is 419. The van der Waals surface area contributed by atoms with Crippen molar-refractivity contribution in [2.45, 2.75) is 51.2 Å². The third-order valence-electron chi connectivity index (χ3n) is 4.33. The van der Waals surface area contributed by atoms with Gasteiger partial charge in [-0.2, -0.15) is 13.2 Å². The van der Waals surface area contributed by atoms with Crippen molar-refractivity contribution in [2.75, 3.05) is 6.54 Å². The van der Waals surface area contributed by atoms with Gasteiger partial charge >= 0.3 is 6.18 Å². The second kappa shape index (κ2) is 7.25. The zero-order valence-electron chi connectivity index (χ0n) is 12.4. The highest BCUT2D eigenvalue weighted by Crippen LogP contribution is 2.46. The molecule has 118 valence electrons. The van der Waals surface area contributed by atoms with E-state index in [9.17, 15) is 13.2 Å². The topological polar surface area (TPSA) is 24.9 Å². The summed E-state index contributed by atoms with van der Waals surface area (Å²) in [7, 11) is 0. The maximum Gasteiger partial charge on any atom is 0.392 e. The van der Waals surface area contributed by atoms with Gasteiger partial charge in [0.2, 0.25) is 0 Å². The number of nitrogens with zero attached hydrogens (tertiary/aromatic N) is 1. The number of hydrogen-bond donors (Lipinski definition) is 1. The molecule has 0 radical (unpaired) electrons. The molecule has 21 heavy (non-hydrogen) atoms. The normalized spacial score (nSPS) is 24.8. The molecule has 3 unspecified atom stereocenters. The lowest BCUT2D eigenvalue weighted by atomic mass is 9.73. The van der Waals surface area contributed by atoms with E-state index in [4.69, 9.17) is 0 Å². The summed E-state index contributed by atoms with van der Waals surface area (Å²) in [5, 5.41) is 3.32. The summed E-state index contributed by atoms with van der Waals surface area (Å²) < 4.78 is 40.0. The first-order valence-corrected chi connectivity index (χ1v) is 7.74. The quantitative estimate of drug-likeness (QED) is 0.866. The minimum Gasteiger partial charge on any atom is -0.310 e. The van der Waals surface area contributed by atoms with Gasteiger partial charge in [-0.15, -0.1) is 0 Å². The molecule has 1 heterocycles. The predicted octanol–water partition coefficient (Wildman–Crippen LogP) is 4.49. The molecule has 2 rings (SSSR count). The maximum absolute atomic E-state index is 13.3. The lowest BCUT2D eigenvalue weighted by Crippen LogP contribution is -2.41. The van der Waals surface area contributed by atoms with Crippen LogP contribution in [0.15, 0.2) is 24.5 Å². The van der Waals surface area contributed by atoms with Gasteiger partial charge in [-0.1, -0.05) is 25.8 Å². The Balaban J connectivity index is 2.25. The Morgan fingerprint density at radius 3 is 2.71 bits per heavy atom. The summed E-state index contributed by atoms with van der Waals surface area (Å²) in [6.07, 6.45) is 2.56. The van der Waals surface area contributed by atoms with E-state index in [-0.39, 0.29) is 12.5 Å². The SMILES string of the molecule is CCCNC(c1cccnc1)C1CCCCC1C(F)(F)F. The highest BCUT2D eigenvalue weighted by molar-refractivity contribution is 5.16. The van der Waals surface area contributed by atoms with E-state index in [1.165, 1.54) is 0 Å². The van der Waals surface area contributed by atoms with E-state index >= 15 is 0 Å². The number of alkyl halides is 3. The molecule has 5 heteroatoms. The number of pyridine rings is 1. The van der Waals surface area contributed by atoms with Crippen LogP contribution in [0.1, 0.15) is 50.6 Å². The first kappa shape index (κ1) is 16.3. The van der Waals surface area contributed by atoms with Crippen molar-refractivity contribution in [1.82, 2.24) is 10.3 Å². The van der Waals surface area contributed by atoms with Crippen molar-refractivity contribution in [2.24, 2.45) is 11.8 Å². The molecular weight excluding hydrogens is 277 g/mol. The van der Waals surface area contributed by atoms with Gasteiger partial charge in [0.05, 0.1) is 5.92 Å². The van der Waals surface area contributed by atoms with Gasteiger partial charge in [-0.25, -0.2) is 0 Å². The molecule has 0 saturated heterocycles. The number of hydrogen-bond acceptors (Lipinski definition) is 2. The largest absolute Gasteiger partial charge is 0.392 e. The van der Waals surface area contributed by atoms with Gasteiger partial charge in [-0.05, 0) is 43.4 Å². The second-order valence-corrected chi connectivity index (χ2v) is 5.81. The zero-order valence-corrected chi connectivity index (χ0v) is 12.4. The average Bonchev–Trinajstić information content (AvgIpc) is 2.48. The fraction of sp³-hybridized carbons (Fsp3) is 0.688. The fourth-order valence-electron chi connectivity index (χ4n) is 3.34. The van der Waals surface area contributed by atoms with Gasteiger partial charge in [0, 0.05) is 18.4 Å². The monoisotopic (exact) mass is 300 g/mol. The van der Waals surface area contributed by atoms with Crippen molar-refractivity contribution in [3.8, 4) is 0 Å². The molecule has 0 aromatic carbocycles. The molecule has 1 fully saturated rings. The van der Waals surface area contributed by atoms with E-state index in [1.807, 2.05) is 13.0 Å². The van der Waals surface area contributed by atoms with Crippen LogP contribution in [-0.4, -0.2) is 17.7 Å². The summed E-state index contributed by atoms with van der Waals surface area (Å²) in [4.78, 5) is 4.07. The van der Waals surface area contributed by atoms with Crippen LogP contribution < -0.4 is 5.32 Å². The molecule has 1 aliphatic rings. The molecular formula is C16H23F3N2. The summed E-state index contributed by atoms with van der Waals surface area (Å²) in [5.74, 6) is -1.60. The van der Waals surface area contributed by atoms with Gasteiger partial charge in [0.1, 0.15) is 0 Å². The first-order chi connectivity index (χ1) is 10.0. The smallest absolute Gasteiger partial charge is 0.310 e. The average molecular weight is 300 g/mol. The standard InChI is InChI=1S/C16H23F3N2/c1-2-9-21-15(12-6-5-10-20-11-12)13-7-3-4-8-14(13)16(17,18)19/h5-6,10-11,13-15,21H,2-4,7-9H2,1H3. The molecule has 0 amide bonds. The lowest BCUT2D eigenvalue weighted by molar-refractivity contribution is -0.199. The van der Waals surface area contributed by atoms with Crippen LogP contribution in [0.4, 0.5) is 13.2 Å². The minimum absolute atomic E-state index is 0.249. The molecule has 1 aromatic heterocycles. The number of nitrogens with one attached hydrogen (secondary N) is 1. The second-order valence-electron chi connectivity index (χ2n) is 5.81. The van der Waals surface area contributed by atoms with Crippen molar-refractivity contribution in [3.63, 3.8) is 0 Å². The van der Waals surface area contributed by atoms with Crippen molar-refractivity contribution in [1.29, 1.82) is 0 Å². The Kier molecular flexibility index (Phi) is 5.62. The Hall–Kier alpha value is -1.10. The predicted molar refractivity (Wildman–Crippen MR) is 76.8 cm³/mol. The first-order valence-electron chi connectivity index (χ1n) is 7.74. The molecule has 1 aromatic rings. The van der Waals surface area contributed by atoms with E-state index in [1.54, 1.807) is 18.5 Å². The third kappa shape index (κ3) is 4.19. The van der Waals surface area contributed by atoms with E-state index in [0.717, 1.165) is 24.9 Å². The van der Waals surface area contributed by atoms with Gasteiger partial charge in [0.15, 0.2) is 0 Å². The van der Waals surface area contributed by atoms with E-state index in [2.05, 4.69) is 10.3 Å². The van der Waals surface area contributed by atoms with Crippen LogP contribution in [0.3, 0.4) is 0 Å². The highest BCUT2D eigenvalue weighted by atomic mass is 19.4. The van der Waals surface area contributed by atoms with Crippen LogP contribution in [0.2, 0.25) is 0 Å². The summed E-state index contributed by atoms with van der Waals surface area (Å²) >= 11 is 0. The minimum atomic E-state index is -4.11. The molecule has 1 N–H and O–H groups in total. The maximum atomic E-state index is 13.3. The molecule has 3 atom stereocenters. The van der Waals surface area contributed by atoms with Crippen molar-refractivity contribution < 1.29 is 13.2 Å². The van der Waals surface area contributed by atoms with Crippen LogP contribution in [-0.2, 0) is 0 Å². The van der Waals surface area contributed by atoms with Gasteiger partial charge in [0.25, 0.3) is 0 Å². The lowest BCUT2D eigenvalue weighted by Gasteiger charge is -2.38. The molecule has 0 bridgehead atoms. The van der Waals surface area contributed by atoms with Gasteiger partial charge in [-0.3, -0.25) is 4.98 Å². The zero-order chi connectivity index (χ0) is 15.3. The third-order valence-corrected chi connectivity index (χ3v) is 4.33. The van der Waals surface area contributed by atoms with Gasteiger partial charge < -0.3 is 5.32 Å². The summed E-state index contributed by atoms with van der Waals surface area (Å²) in [6, 6.07) is 3.41. The van der Waals surface area contributed by atoms with Crippen molar-refractivity contribution >= 4 is 0 Å². The Morgan fingerprint density at radius 1 is 1.33 bits per heavy atom. The highest BCUT2D eigenvalue weighted by Gasteiger charge is 2.48. The van der Waals surface area contributed by atoms with E-state index < -0.39 is 18.0 Å². The van der Waals surface area contributed by atoms with Crippen molar-refractivity contribution in [3.05, 3.63) is 30.1 Å². The number of rotatable bonds is 5. The fourth-order valence-corrected chi connectivity index (χ4v) is 3.34. The van der Waals surface area contributed by atoms with E-state index in [0.29, 0.717) is 12.8 Å². The molecule has 1 saturated carbocycles. The van der Waals surface area contributed by atoms with Crippen LogP contribution in [0, 0.1) is 11.8 Å². The Labute approximate surface area is 124 Å². The number of halogens is 3. The summed E-state index contributed by atoms with van der Waals surface area (Å²) in [6.45, 7) is 2.75. The molecule has 0 spiro atoms. The molecule has 0 aliphatic heterocycles. The number of aromatic nitrogens is 1. The Morgan fingerprint density at radius 2 is 2.10 bits per heavy atom. The van der Waals surface area contributed by atoms with Crippen LogP contribution >= 0.6 is 0 Å². The summed E-state index contributed by atoms with van der Waals surface area (Å²) in [5.41, 5.74) is 0.868.